The first-order valence-electron chi connectivity index (χ1n) is 2.24. The summed E-state index contributed by atoms with van der Waals surface area (Å²) in [5.41, 5.74) is 0. The highest BCUT2D eigenvalue weighted by atomic mass is 19.4. The molecule has 0 aliphatic carbocycles. The Bertz CT molecular complexity index is 234. The highest BCUT2D eigenvalue weighted by Gasteiger charge is 2.35. The summed E-state index contributed by atoms with van der Waals surface area (Å²) in [6, 6.07) is 0. The van der Waals surface area contributed by atoms with Crippen molar-refractivity contribution in [3.8, 4) is 0 Å². The highest BCUT2D eigenvalue weighted by Crippen LogP contribution is 2.14. The number of alkyl halides is 3. The molecule has 0 aromatic rings. The molecule has 13 heavy (non-hydrogen) atoms. The van der Waals surface area contributed by atoms with Crippen LogP contribution in [-0.2, 0) is 0 Å². The Morgan fingerprint density at radius 2 is 1.54 bits per heavy atom. The van der Waals surface area contributed by atoms with Gasteiger partial charge in [0.25, 0.3) is 0 Å². The maximum atomic E-state index is 10.9. The average molecular weight is 206 g/mol. The van der Waals surface area contributed by atoms with Crippen molar-refractivity contribution in [2.75, 3.05) is 0 Å². The molecule has 3 nitrogen and oxygen atoms in total. The number of rotatable bonds is 1. The number of halogens is 6. The molecular formula is C4F6N2O. The minimum Gasteiger partial charge on any atom is -0.223 e. The van der Waals surface area contributed by atoms with Crippen LogP contribution < -0.4 is 0 Å². The smallest absolute Gasteiger partial charge is 0.223 e. The molecule has 0 saturated carbocycles. The van der Waals surface area contributed by atoms with E-state index < -0.39 is 18.3 Å². The van der Waals surface area contributed by atoms with E-state index in [4.69, 9.17) is 11.5 Å². The highest BCUT2D eigenvalue weighted by molar-refractivity contribution is 4.87. The number of nitroso groups, excluding NO2 is 1. The molecule has 0 saturated heterocycles. The molecule has 0 radical (unpaired) electrons. The summed E-state index contributed by atoms with van der Waals surface area (Å²) >= 11 is 0. The summed E-state index contributed by atoms with van der Waals surface area (Å²) in [7, 11) is 0. The topological polar surface area (TPSA) is 33.8 Å². The van der Waals surface area contributed by atoms with Crippen molar-refractivity contribution in [2.45, 2.75) is 6.30 Å². The molecule has 0 N–H and O–H groups in total. The van der Waals surface area contributed by atoms with E-state index in [-0.39, 0.29) is 0 Å². The van der Waals surface area contributed by atoms with Crippen LogP contribution in [0, 0.1) is 11.5 Å². The van der Waals surface area contributed by atoms with E-state index in [0.717, 1.165) is 0 Å². The molecule has 0 aromatic heterocycles. The molecule has 0 bridgehead atoms. The van der Waals surface area contributed by atoms with Gasteiger partial charge >= 0.3 is 18.3 Å². The lowest BCUT2D eigenvalue weighted by Gasteiger charge is -1.79. The van der Waals surface area contributed by atoms with Crippen molar-refractivity contribution in [3.05, 3.63) is 28.4 Å². The average Bonchev–Trinajstić information content (AvgIpc) is 2.02. The van der Waals surface area contributed by atoms with Crippen LogP contribution in [-0.4, -0.2) is 6.30 Å². The standard InChI is InChI=1S/C2F3NO.C2F3N/c3-1(4)2(5)6-7;1-6-2(3,4)5. The first kappa shape index (κ1) is 14.0. The fraction of sp³-hybridized carbons (Fsp3) is 0.250. The van der Waals surface area contributed by atoms with Crippen molar-refractivity contribution in [2.24, 2.45) is 5.18 Å². The van der Waals surface area contributed by atoms with Crippen LogP contribution in [0.3, 0.4) is 0 Å². The van der Waals surface area contributed by atoms with Crippen LogP contribution >= 0.6 is 0 Å². The fourth-order valence-electron chi connectivity index (χ4n) is 0.0345. The Morgan fingerprint density at radius 3 is 1.54 bits per heavy atom. The van der Waals surface area contributed by atoms with Gasteiger partial charge in [0.15, 0.2) is 0 Å². The normalized spacial score (nSPS) is 9.00. The second kappa shape index (κ2) is 5.99. The monoisotopic (exact) mass is 206 g/mol. The summed E-state index contributed by atoms with van der Waals surface area (Å²) in [5, 5.41) is 1.30. The van der Waals surface area contributed by atoms with Crippen LogP contribution in [0.25, 0.3) is 4.85 Å². The summed E-state index contributed by atoms with van der Waals surface area (Å²) < 4.78 is 63.5. The second-order valence-electron chi connectivity index (χ2n) is 1.22. The van der Waals surface area contributed by atoms with Gasteiger partial charge in [0.1, 0.15) is 0 Å². The van der Waals surface area contributed by atoms with Gasteiger partial charge in [-0.3, -0.25) is 0 Å². The fourth-order valence-corrected chi connectivity index (χ4v) is 0.0345. The third-order valence-corrected chi connectivity index (χ3v) is 0.363. The van der Waals surface area contributed by atoms with Crippen LogP contribution in [0.5, 0.6) is 0 Å². The third-order valence-electron chi connectivity index (χ3n) is 0.363. The second-order valence-corrected chi connectivity index (χ2v) is 1.22. The molecule has 0 aliphatic rings. The van der Waals surface area contributed by atoms with Crippen LogP contribution in [0.15, 0.2) is 17.2 Å². The van der Waals surface area contributed by atoms with Crippen molar-refractivity contribution in [1.29, 1.82) is 0 Å². The summed E-state index contributed by atoms with van der Waals surface area (Å²) in [6.07, 6.45) is -7.35. The molecule has 0 fully saturated rings. The SMILES string of the molecule is O=NC(F)=C(F)F.[C-]#[N+]C(F)(F)F. The number of hydrogen-bond acceptors (Lipinski definition) is 2. The van der Waals surface area contributed by atoms with Gasteiger partial charge < -0.3 is 0 Å². The Hall–Kier alpha value is -1.59. The summed E-state index contributed by atoms with van der Waals surface area (Å²) in [5.74, 6) is -2.25. The predicted molar refractivity (Wildman–Crippen MR) is 28.8 cm³/mol. The Morgan fingerprint density at radius 1 is 1.23 bits per heavy atom. The Balaban J connectivity index is 0. The van der Waals surface area contributed by atoms with E-state index in [9.17, 15) is 26.3 Å². The van der Waals surface area contributed by atoms with E-state index in [1.54, 1.807) is 0 Å². The molecule has 0 rings (SSSR count). The molecule has 0 spiro atoms. The van der Waals surface area contributed by atoms with Crippen molar-refractivity contribution >= 4 is 0 Å². The minimum atomic E-state index is -4.67. The molecule has 0 aromatic carbocycles. The quantitative estimate of drug-likeness (QED) is 0.280. The van der Waals surface area contributed by atoms with Gasteiger partial charge in [0, 0.05) is 5.18 Å². The van der Waals surface area contributed by atoms with Crippen molar-refractivity contribution < 1.29 is 26.3 Å². The van der Waals surface area contributed by atoms with Gasteiger partial charge in [-0.2, -0.15) is 13.2 Å². The van der Waals surface area contributed by atoms with Gasteiger partial charge in [0.2, 0.25) is 0 Å². The van der Waals surface area contributed by atoms with E-state index in [1.165, 1.54) is 10.0 Å². The lowest BCUT2D eigenvalue weighted by atomic mass is 10.9. The van der Waals surface area contributed by atoms with E-state index in [0.29, 0.717) is 0 Å². The van der Waals surface area contributed by atoms with Gasteiger partial charge in [-0.15, -0.1) is 4.91 Å². The van der Waals surface area contributed by atoms with Gasteiger partial charge in [-0.25, -0.2) is 11.4 Å². The van der Waals surface area contributed by atoms with Crippen LogP contribution in [0.2, 0.25) is 0 Å². The lowest BCUT2D eigenvalue weighted by molar-refractivity contribution is -0.0826. The van der Waals surface area contributed by atoms with Crippen LogP contribution in [0.4, 0.5) is 26.3 Å². The third kappa shape index (κ3) is 13.4. The molecular weight excluding hydrogens is 206 g/mol. The van der Waals surface area contributed by atoms with Gasteiger partial charge in [-0.05, 0) is 0 Å². The largest absolute Gasteiger partial charge is 0.711 e. The molecule has 74 valence electrons. The zero-order chi connectivity index (χ0) is 11.1. The first-order chi connectivity index (χ1) is 5.74. The Labute approximate surface area is 67.4 Å². The molecule has 9 heteroatoms. The maximum absolute atomic E-state index is 10.9. The molecule has 0 heterocycles. The van der Waals surface area contributed by atoms with Gasteiger partial charge in [-0.1, -0.05) is 13.2 Å². The van der Waals surface area contributed by atoms with Crippen molar-refractivity contribution in [3.63, 3.8) is 0 Å². The van der Waals surface area contributed by atoms with Crippen molar-refractivity contribution in [1.82, 2.24) is 0 Å². The Kier molecular flexibility index (Phi) is 6.43. The van der Waals surface area contributed by atoms with Crippen LogP contribution in [0.1, 0.15) is 0 Å². The molecule has 0 amide bonds. The number of nitrogens with zero attached hydrogens (tertiary/aromatic N) is 2. The van der Waals surface area contributed by atoms with E-state index in [2.05, 4.69) is 0 Å². The summed E-state index contributed by atoms with van der Waals surface area (Å²) in [4.78, 5) is 10.1. The minimum absolute atomic E-state index is 1.27. The number of hydrogen-bond donors (Lipinski definition) is 0. The molecule has 0 aliphatic heterocycles. The van der Waals surface area contributed by atoms with E-state index in [1.807, 2.05) is 0 Å². The zero-order valence-electron chi connectivity index (χ0n) is 5.57. The first-order valence-corrected chi connectivity index (χ1v) is 2.24. The van der Waals surface area contributed by atoms with Gasteiger partial charge in [0.05, 0.1) is 0 Å². The lowest BCUT2D eigenvalue weighted by Crippen LogP contribution is -1.95. The molecule has 0 atom stereocenters. The zero-order valence-corrected chi connectivity index (χ0v) is 5.57. The maximum Gasteiger partial charge on any atom is 0.711 e. The van der Waals surface area contributed by atoms with E-state index >= 15 is 0 Å². The summed E-state index contributed by atoms with van der Waals surface area (Å²) in [6.45, 7) is 5.35. The predicted octanol–water partition coefficient (Wildman–Crippen LogP) is 3.21. The molecule has 0 unspecified atom stereocenters.